The summed E-state index contributed by atoms with van der Waals surface area (Å²) < 4.78 is 62.2. The highest BCUT2D eigenvalue weighted by atomic mass is 32.2. The van der Waals surface area contributed by atoms with Gasteiger partial charge < -0.3 is 9.84 Å². The molecule has 0 amide bonds. The van der Waals surface area contributed by atoms with Crippen LogP contribution in [0.2, 0.25) is 0 Å². The second-order valence-corrected chi connectivity index (χ2v) is 9.53. The predicted molar refractivity (Wildman–Crippen MR) is 96.2 cm³/mol. The summed E-state index contributed by atoms with van der Waals surface area (Å²) in [5, 5.41) is 7.20. The van der Waals surface area contributed by atoms with E-state index < -0.39 is 32.4 Å². The van der Waals surface area contributed by atoms with Crippen LogP contribution in [0.1, 0.15) is 24.7 Å². The zero-order valence-corrected chi connectivity index (χ0v) is 16.0. The molecular weight excluding hydrogens is 396 g/mol. The smallest absolute Gasteiger partial charge is 0.266 e. The Bertz CT molecular complexity index is 997. The molecular formula is C15H20N4O6S2. The number of nitrogens with zero attached hydrogens (tertiary/aromatic N) is 2. The minimum absolute atomic E-state index is 0.0662. The summed E-state index contributed by atoms with van der Waals surface area (Å²) in [7, 11) is -8.20. The standard InChI is InChI=1S/C15H20N4O6S2/c20-26(21,22)9-8-17-27(23,24)13-3-1-2-12(10-13)14-18-15(25-19-14)11-4-6-16-7-5-11/h1-3,10-11,16-17H,4-9H2,(H,20,21,22). The lowest BCUT2D eigenvalue weighted by Gasteiger charge is -2.18. The van der Waals surface area contributed by atoms with Gasteiger partial charge in [0.25, 0.3) is 10.1 Å². The first-order chi connectivity index (χ1) is 12.7. The topological polar surface area (TPSA) is 151 Å². The van der Waals surface area contributed by atoms with E-state index in [9.17, 15) is 16.8 Å². The van der Waals surface area contributed by atoms with Crippen molar-refractivity contribution in [2.45, 2.75) is 23.7 Å². The van der Waals surface area contributed by atoms with Crippen LogP contribution in [0.15, 0.2) is 33.7 Å². The fourth-order valence-corrected chi connectivity index (χ4v) is 4.34. The molecule has 0 aliphatic carbocycles. The number of piperidine rings is 1. The van der Waals surface area contributed by atoms with Crippen LogP contribution < -0.4 is 10.0 Å². The van der Waals surface area contributed by atoms with Crippen molar-refractivity contribution in [1.82, 2.24) is 20.2 Å². The predicted octanol–water partition coefficient (Wildman–Crippen LogP) is 0.370. The van der Waals surface area contributed by atoms with Crippen molar-refractivity contribution in [2.75, 3.05) is 25.4 Å². The van der Waals surface area contributed by atoms with Crippen molar-refractivity contribution in [1.29, 1.82) is 0 Å². The van der Waals surface area contributed by atoms with Gasteiger partial charge in [0.2, 0.25) is 21.7 Å². The summed E-state index contributed by atoms with van der Waals surface area (Å²) in [5.74, 6) is 0.294. The summed E-state index contributed by atoms with van der Waals surface area (Å²) in [6.45, 7) is 1.32. The molecule has 0 unspecified atom stereocenters. The molecule has 1 saturated heterocycles. The van der Waals surface area contributed by atoms with E-state index in [1.165, 1.54) is 18.2 Å². The highest BCUT2D eigenvalue weighted by Gasteiger charge is 2.22. The van der Waals surface area contributed by atoms with Crippen molar-refractivity contribution in [3.63, 3.8) is 0 Å². The average molecular weight is 416 g/mol. The Balaban J connectivity index is 1.76. The highest BCUT2D eigenvalue weighted by Crippen LogP contribution is 2.26. The monoisotopic (exact) mass is 416 g/mol. The van der Waals surface area contributed by atoms with Gasteiger partial charge >= 0.3 is 0 Å². The van der Waals surface area contributed by atoms with Gasteiger partial charge in [-0.05, 0) is 38.1 Å². The number of sulfonamides is 1. The van der Waals surface area contributed by atoms with Crippen molar-refractivity contribution >= 4 is 20.1 Å². The van der Waals surface area contributed by atoms with Crippen molar-refractivity contribution in [3.8, 4) is 11.4 Å². The van der Waals surface area contributed by atoms with Gasteiger partial charge in [-0.2, -0.15) is 13.4 Å². The van der Waals surface area contributed by atoms with Gasteiger partial charge in [0, 0.05) is 18.0 Å². The van der Waals surface area contributed by atoms with Crippen LogP contribution >= 0.6 is 0 Å². The first-order valence-electron chi connectivity index (χ1n) is 8.34. The number of rotatable bonds is 7. The van der Waals surface area contributed by atoms with Gasteiger partial charge in [-0.25, -0.2) is 13.1 Å². The highest BCUT2D eigenvalue weighted by molar-refractivity contribution is 7.89. The Morgan fingerprint density at radius 1 is 1.22 bits per heavy atom. The third-order valence-corrected chi connectivity index (χ3v) is 6.36. The molecule has 3 N–H and O–H groups in total. The van der Waals surface area contributed by atoms with Gasteiger partial charge in [-0.15, -0.1) is 0 Å². The zero-order chi connectivity index (χ0) is 19.5. The Labute approximate surface area is 157 Å². The summed E-state index contributed by atoms with van der Waals surface area (Å²) >= 11 is 0. The SMILES string of the molecule is O=S(=O)(O)CCNS(=O)(=O)c1cccc(-c2noc(C3CCNCC3)n2)c1. The van der Waals surface area contributed by atoms with Crippen LogP contribution in [0.4, 0.5) is 0 Å². The van der Waals surface area contributed by atoms with E-state index in [1.807, 2.05) is 0 Å². The lowest BCUT2D eigenvalue weighted by molar-refractivity contribution is 0.320. The molecule has 1 aromatic carbocycles. The Hall–Kier alpha value is -1.86. The van der Waals surface area contributed by atoms with Crippen LogP contribution in [0.3, 0.4) is 0 Å². The Morgan fingerprint density at radius 2 is 1.96 bits per heavy atom. The van der Waals surface area contributed by atoms with E-state index in [2.05, 4.69) is 20.2 Å². The van der Waals surface area contributed by atoms with Crippen LogP contribution in [0.5, 0.6) is 0 Å². The molecule has 27 heavy (non-hydrogen) atoms. The second-order valence-electron chi connectivity index (χ2n) is 6.19. The number of hydrogen-bond acceptors (Lipinski definition) is 8. The van der Waals surface area contributed by atoms with Crippen molar-refractivity contribution < 1.29 is 25.9 Å². The average Bonchev–Trinajstić information content (AvgIpc) is 3.11. The maximum absolute atomic E-state index is 12.3. The van der Waals surface area contributed by atoms with Gasteiger partial charge in [-0.1, -0.05) is 17.3 Å². The molecule has 0 saturated carbocycles. The summed E-state index contributed by atoms with van der Waals surface area (Å²) in [6, 6.07) is 5.95. The van der Waals surface area contributed by atoms with E-state index in [1.54, 1.807) is 6.07 Å². The minimum Gasteiger partial charge on any atom is -0.339 e. The van der Waals surface area contributed by atoms with Gasteiger partial charge in [0.1, 0.15) is 0 Å². The molecule has 2 heterocycles. The fraction of sp³-hybridized carbons (Fsp3) is 0.467. The summed E-state index contributed by atoms with van der Waals surface area (Å²) in [5.41, 5.74) is 0.469. The zero-order valence-electron chi connectivity index (χ0n) is 14.3. The first kappa shape index (κ1) is 19.9. The normalized spacial score (nSPS) is 16.5. The molecule has 2 aromatic rings. The fourth-order valence-electron chi connectivity index (χ4n) is 2.78. The van der Waals surface area contributed by atoms with Gasteiger partial charge in [-0.3, -0.25) is 4.55 Å². The largest absolute Gasteiger partial charge is 0.339 e. The van der Waals surface area contributed by atoms with E-state index in [0.29, 0.717) is 17.3 Å². The molecule has 1 aliphatic rings. The Kier molecular flexibility index (Phi) is 5.91. The van der Waals surface area contributed by atoms with E-state index in [4.69, 9.17) is 9.08 Å². The molecule has 0 radical (unpaired) electrons. The quantitative estimate of drug-likeness (QED) is 0.544. The molecule has 0 spiro atoms. The number of hydrogen-bond donors (Lipinski definition) is 3. The van der Waals surface area contributed by atoms with Crippen molar-refractivity contribution in [3.05, 3.63) is 30.2 Å². The molecule has 3 rings (SSSR count). The number of benzene rings is 1. The van der Waals surface area contributed by atoms with Crippen molar-refractivity contribution in [2.24, 2.45) is 0 Å². The molecule has 12 heteroatoms. The first-order valence-corrected chi connectivity index (χ1v) is 11.4. The van der Waals surface area contributed by atoms with E-state index in [-0.39, 0.29) is 10.8 Å². The van der Waals surface area contributed by atoms with Gasteiger partial charge in [0.05, 0.1) is 10.6 Å². The summed E-state index contributed by atoms with van der Waals surface area (Å²) in [6.07, 6.45) is 1.79. The third kappa shape index (κ3) is 5.32. The number of nitrogens with one attached hydrogen (secondary N) is 2. The van der Waals surface area contributed by atoms with E-state index in [0.717, 1.165) is 25.9 Å². The molecule has 0 atom stereocenters. The maximum Gasteiger partial charge on any atom is 0.266 e. The molecule has 148 valence electrons. The second kappa shape index (κ2) is 8.02. The van der Waals surface area contributed by atoms with Gasteiger partial charge in [0.15, 0.2) is 0 Å². The minimum atomic E-state index is -4.25. The van der Waals surface area contributed by atoms with Crippen LogP contribution in [-0.2, 0) is 20.1 Å². The summed E-state index contributed by atoms with van der Waals surface area (Å²) in [4.78, 5) is 4.32. The molecule has 1 fully saturated rings. The Morgan fingerprint density at radius 3 is 2.67 bits per heavy atom. The molecule has 1 aliphatic heterocycles. The van der Waals surface area contributed by atoms with Crippen LogP contribution in [-0.4, -0.2) is 56.9 Å². The van der Waals surface area contributed by atoms with E-state index >= 15 is 0 Å². The van der Waals surface area contributed by atoms with Crippen LogP contribution in [0.25, 0.3) is 11.4 Å². The van der Waals surface area contributed by atoms with Crippen LogP contribution in [0, 0.1) is 0 Å². The molecule has 10 nitrogen and oxygen atoms in total. The molecule has 1 aromatic heterocycles. The number of aromatic nitrogens is 2. The lowest BCUT2D eigenvalue weighted by Crippen LogP contribution is -2.29. The third-order valence-electron chi connectivity index (χ3n) is 4.18. The molecule has 0 bridgehead atoms. The maximum atomic E-state index is 12.3. The lowest BCUT2D eigenvalue weighted by atomic mass is 9.98.